The Morgan fingerprint density at radius 2 is 1.25 bits per heavy atom. The summed E-state index contributed by atoms with van der Waals surface area (Å²) in [6, 6.07) is 0. The molecule has 58 valence electrons. The van der Waals surface area contributed by atoms with Gasteiger partial charge in [0.1, 0.15) is 0 Å². The monoisotopic (exact) mass is 224 g/mol. The van der Waals surface area contributed by atoms with Crippen LogP contribution < -0.4 is 113 Å². The molecule has 0 spiro atoms. The summed E-state index contributed by atoms with van der Waals surface area (Å²) in [6.07, 6.45) is 0.171. The first-order chi connectivity index (χ1) is 4.13. The van der Waals surface area contributed by atoms with Gasteiger partial charge in [-0.25, -0.2) is 0 Å². The van der Waals surface area contributed by atoms with Crippen molar-refractivity contribution in [2.24, 2.45) is 11.8 Å². The standard InChI is InChI=1S/C5H6O4.2K.H2O/c6-4(7)2-1-3(2)5(8)9;;;/h2-3H,1H2,(H,6,7)(H,8,9);;;1H2/q;2*+1;/p-2/t2-,3+;;;. The van der Waals surface area contributed by atoms with Gasteiger partial charge in [0, 0.05) is 23.8 Å². The van der Waals surface area contributed by atoms with E-state index in [2.05, 4.69) is 0 Å². The van der Waals surface area contributed by atoms with Gasteiger partial charge >= 0.3 is 103 Å². The molecule has 1 saturated carbocycles. The summed E-state index contributed by atoms with van der Waals surface area (Å²) < 4.78 is 0. The van der Waals surface area contributed by atoms with Crippen molar-refractivity contribution >= 4 is 11.9 Å². The number of hydrogen-bond donors (Lipinski definition) is 0. The summed E-state index contributed by atoms with van der Waals surface area (Å²) in [5.74, 6) is -4.17. The van der Waals surface area contributed by atoms with Crippen LogP contribution in [-0.4, -0.2) is 17.4 Å². The van der Waals surface area contributed by atoms with Crippen LogP contribution in [0.25, 0.3) is 0 Å². The van der Waals surface area contributed by atoms with Gasteiger partial charge in [-0.05, 0) is 6.42 Å². The minimum Gasteiger partial charge on any atom is -0.550 e. The fourth-order valence-corrected chi connectivity index (χ4v) is 0.716. The van der Waals surface area contributed by atoms with Crippen molar-refractivity contribution < 1.29 is 128 Å². The summed E-state index contributed by atoms with van der Waals surface area (Å²) in [6.45, 7) is 0. The van der Waals surface area contributed by atoms with E-state index in [1.54, 1.807) is 0 Å². The van der Waals surface area contributed by atoms with Crippen molar-refractivity contribution in [2.45, 2.75) is 6.42 Å². The largest absolute Gasteiger partial charge is 1.00 e. The van der Waals surface area contributed by atoms with Gasteiger partial charge in [0.25, 0.3) is 0 Å². The van der Waals surface area contributed by atoms with E-state index in [1.807, 2.05) is 0 Å². The van der Waals surface area contributed by atoms with Gasteiger partial charge in [-0.1, -0.05) is 0 Å². The molecule has 7 heteroatoms. The smallest absolute Gasteiger partial charge is 0.550 e. The average Bonchev–Trinajstić information content (AvgIpc) is 2.39. The molecule has 1 fully saturated rings. The second-order valence-electron chi connectivity index (χ2n) is 2.09. The van der Waals surface area contributed by atoms with E-state index >= 15 is 0 Å². The van der Waals surface area contributed by atoms with Crippen molar-refractivity contribution in [2.75, 3.05) is 0 Å². The molecule has 1 aliphatic rings. The first-order valence-corrected chi connectivity index (χ1v) is 2.54. The van der Waals surface area contributed by atoms with Crippen LogP contribution in [0, 0.1) is 11.8 Å². The maximum Gasteiger partial charge on any atom is 1.00 e. The van der Waals surface area contributed by atoms with E-state index < -0.39 is 23.8 Å². The molecule has 0 aromatic rings. The first-order valence-electron chi connectivity index (χ1n) is 2.54. The number of carboxylic acids is 2. The Morgan fingerprint density at radius 1 is 1.00 bits per heavy atom. The normalized spacial score (nSPS) is 23.7. The zero-order valence-corrected chi connectivity index (χ0v) is 13.2. The van der Waals surface area contributed by atoms with Gasteiger partial charge < -0.3 is 25.3 Å². The molecule has 0 aromatic carbocycles. The van der Waals surface area contributed by atoms with Crippen LogP contribution in [0.5, 0.6) is 0 Å². The molecule has 12 heavy (non-hydrogen) atoms. The predicted molar refractivity (Wildman–Crippen MR) is 25.2 cm³/mol. The Balaban J connectivity index is -0.000000270. The van der Waals surface area contributed by atoms with E-state index in [4.69, 9.17) is 0 Å². The number of carbonyl (C=O) groups excluding carboxylic acids is 2. The van der Waals surface area contributed by atoms with Gasteiger partial charge in [-0.2, -0.15) is 0 Å². The molecule has 0 aliphatic heterocycles. The van der Waals surface area contributed by atoms with Gasteiger partial charge in [-0.15, -0.1) is 0 Å². The molecule has 0 unspecified atom stereocenters. The molecule has 1 aliphatic carbocycles. The minimum absolute atomic E-state index is 0. The maximum absolute atomic E-state index is 9.87. The Hall–Kier alpha value is 2.17. The van der Waals surface area contributed by atoms with Crippen molar-refractivity contribution in [3.63, 3.8) is 0 Å². The van der Waals surface area contributed by atoms with Crippen LogP contribution in [-0.2, 0) is 9.59 Å². The SMILES string of the molecule is O.O=C([O-])[C@H]1C[C@H]1C(=O)[O-].[K+].[K+]. The molecule has 0 saturated heterocycles. The molecule has 1 rings (SSSR count). The minimum atomic E-state index is -1.29. The van der Waals surface area contributed by atoms with Crippen molar-refractivity contribution in [3.05, 3.63) is 0 Å². The van der Waals surface area contributed by atoms with Gasteiger partial charge in [0.2, 0.25) is 0 Å². The van der Waals surface area contributed by atoms with E-state index in [0.717, 1.165) is 0 Å². The van der Waals surface area contributed by atoms with Gasteiger partial charge in [0.15, 0.2) is 0 Å². The van der Waals surface area contributed by atoms with Crippen molar-refractivity contribution in [1.82, 2.24) is 0 Å². The van der Waals surface area contributed by atoms with E-state index in [9.17, 15) is 19.8 Å². The molecule has 2 N–H and O–H groups in total. The van der Waals surface area contributed by atoms with E-state index in [-0.39, 0.29) is 115 Å². The summed E-state index contributed by atoms with van der Waals surface area (Å²) in [7, 11) is 0. The summed E-state index contributed by atoms with van der Waals surface area (Å²) in [5, 5.41) is 19.7. The maximum atomic E-state index is 9.87. The van der Waals surface area contributed by atoms with Crippen LogP contribution in [0.3, 0.4) is 0 Å². The molecule has 0 heterocycles. The second kappa shape index (κ2) is 8.48. The van der Waals surface area contributed by atoms with Crippen LogP contribution in [0.4, 0.5) is 0 Å². The van der Waals surface area contributed by atoms with Crippen molar-refractivity contribution in [3.8, 4) is 0 Å². The predicted octanol–water partition coefficient (Wildman–Crippen LogP) is -9.69. The second-order valence-corrected chi connectivity index (χ2v) is 2.09. The molecule has 0 radical (unpaired) electrons. The Kier molecular flexibility index (Phi) is 13.9. The van der Waals surface area contributed by atoms with Crippen LogP contribution >= 0.6 is 0 Å². The quantitative estimate of drug-likeness (QED) is 0.433. The Bertz CT molecular complexity index is 153. The molecule has 0 bridgehead atoms. The third-order valence-corrected chi connectivity index (χ3v) is 1.40. The Labute approximate surface area is 154 Å². The number of rotatable bonds is 2. The molecule has 0 aromatic heterocycles. The number of carboxylic acid groups (broad SMARTS) is 2. The number of aliphatic carboxylic acids is 2. The fourth-order valence-electron chi connectivity index (χ4n) is 0.716. The first kappa shape index (κ1) is 19.7. The number of carbonyl (C=O) groups is 2. The zero-order chi connectivity index (χ0) is 7.02. The van der Waals surface area contributed by atoms with Crippen molar-refractivity contribution in [1.29, 1.82) is 0 Å². The molecular formula is C5H6K2O5. The summed E-state index contributed by atoms with van der Waals surface area (Å²) in [5.41, 5.74) is 0. The fraction of sp³-hybridized carbons (Fsp3) is 0.600. The summed E-state index contributed by atoms with van der Waals surface area (Å²) in [4.78, 5) is 19.7. The number of hydrogen-bond acceptors (Lipinski definition) is 4. The van der Waals surface area contributed by atoms with E-state index in [0.29, 0.717) is 0 Å². The topological polar surface area (TPSA) is 112 Å². The molecule has 0 amide bonds. The van der Waals surface area contributed by atoms with Crippen LogP contribution in [0.1, 0.15) is 6.42 Å². The summed E-state index contributed by atoms with van der Waals surface area (Å²) >= 11 is 0. The third-order valence-electron chi connectivity index (χ3n) is 1.40. The molecular weight excluding hydrogens is 218 g/mol. The third kappa shape index (κ3) is 5.81. The van der Waals surface area contributed by atoms with Crippen LogP contribution in [0.2, 0.25) is 0 Å². The van der Waals surface area contributed by atoms with Gasteiger partial charge in [-0.3, -0.25) is 0 Å². The van der Waals surface area contributed by atoms with Crippen LogP contribution in [0.15, 0.2) is 0 Å². The van der Waals surface area contributed by atoms with E-state index in [1.165, 1.54) is 0 Å². The average molecular weight is 224 g/mol. The molecule has 2 atom stereocenters. The molecule has 5 nitrogen and oxygen atoms in total. The zero-order valence-electron chi connectivity index (χ0n) is 6.99. The Morgan fingerprint density at radius 3 is 1.33 bits per heavy atom. The van der Waals surface area contributed by atoms with Gasteiger partial charge in [0.05, 0.1) is 0 Å².